The molecule has 0 aliphatic rings. The zero-order valence-electron chi connectivity index (χ0n) is 10.6. The number of halogens is 1. The van der Waals surface area contributed by atoms with Crippen molar-refractivity contribution in [1.82, 2.24) is 24.3 Å². The molecule has 20 heavy (non-hydrogen) atoms. The van der Waals surface area contributed by atoms with E-state index in [4.69, 9.17) is 5.73 Å². The van der Waals surface area contributed by atoms with Gasteiger partial charge in [-0.25, -0.2) is 9.97 Å². The molecule has 2 N–H and O–H groups in total. The Hall–Kier alpha value is -2.22. The first kappa shape index (κ1) is 12.8. The Kier molecular flexibility index (Phi) is 3.01. The van der Waals surface area contributed by atoms with Gasteiger partial charge < -0.3 is 10.3 Å². The van der Waals surface area contributed by atoms with Gasteiger partial charge >= 0.3 is 0 Å². The van der Waals surface area contributed by atoms with Crippen LogP contribution >= 0.6 is 15.9 Å². The first-order valence-electron chi connectivity index (χ1n) is 5.85. The molecule has 0 aliphatic carbocycles. The van der Waals surface area contributed by atoms with E-state index in [0.29, 0.717) is 27.1 Å². The van der Waals surface area contributed by atoms with Crippen LogP contribution in [0, 0.1) is 0 Å². The van der Waals surface area contributed by atoms with Crippen LogP contribution in [0.5, 0.6) is 0 Å². The van der Waals surface area contributed by atoms with Gasteiger partial charge in [0.05, 0.1) is 22.6 Å². The quantitative estimate of drug-likeness (QED) is 0.752. The van der Waals surface area contributed by atoms with Crippen LogP contribution in [-0.4, -0.2) is 24.3 Å². The summed E-state index contributed by atoms with van der Waals surface area (Å²) in [5.41, 5.74) is 6.40. The molecule has 0 saturated heterocycles. The minimum absolute atomic E-state index is 0.139. The first-order chi connectivity index (χ1) is 9.56. The Morgan fingerprint density at radius 2 is 2.20 bits per heavy atom. The van der Waals surface area contributed by atoms with Crippen LogP contribution in [0.4, 0.5) is 5.82 Å². The molecular formula is C12H11BrN6O. The summed E-state index contributed by atoms with van der Waals surface area (Å²) >= 11 is 3.21. The summed E-state index contributed by atoms with van der Waals surface area (Å²) in [5, 5.41) is 4.80. The van der Waals surface area contributed by atoms with Crippen LogP contribution in [0.1, 0.15) is 5.82 Å². The zero-order valence-corrected chi connectivity index (χ0v) is 12.2. The fourth-order valence-electron chi connectivity index (χ4n) is 1.95. The normalized spacial score (nSPS) is 11.1. The molecular weight excluding hydrogens is 324 g/mol. The fourth-order valence-corrected chi connectivity index (χ4v) is 2.33. The highest BCUT2D eigenvalue weighted by Gasteiger charge is 2.10. The predicted molar refractivity (Wildman–Crippen MR) is 78.2 cm³/mol. The van der Waals surface area contributed by atoms with Crippen LogP contribution in [0.15, 0.2) is 33.8 Å². The van der Waals surface area contributed by atoms with Crippen molar-refractivity contribution in [2.75, 3.05) is 5.73 Å². The second kappa shape index (κ2) is 4.71. The number of pyridine rings is 1. The van der Waals surface area contributed by atoms with Gasteiger partial charge in [-0.2, -0.15) is 5.10 Å². The van der Waals surface area contributed by atoms with Crippen LogP contribution in [0.25, 0.3) is 11.0 Å². The molecule has 3 heterocycles. The molecule has 3 aromatic heterocycles. The van der Waals surface area contributed by atoms with E-state index in [9.17, 15) is 4.79 Å². The van der Waals surface area contributed by atoms with Gasteiger partial charge in [-0.3, -0.25) is 9.48 Å². The highest BCUT2D eigenvalue weighted by atomic mass is 79.9. The number of aryl methyl sites for hydroxylation is 1. The number of hydrogen-bond donors (Lipinski definition) is 1. The molecule has 3 rings (SSSR count). The molecule has 0 bridgehead atoms. The largest absolute Gasteiger partial charge is 0.383 e. The lowest BCUT2D eigenvalue weighted by atomic mass is 10.4. The third kappa shape index (κ3) is 2.07. The third-order valence-electron chi connectivity index (χ3n) is 2.95. The number of nitrogen functional groups attached to an aromatic ring is 1. The molecule has 8 heteroatoms. The van der Waals surface area contributed by atoms with E-state index in [-0.39, 0.29) is 12.1 Å². The maximum absolute atomic E-state index is 12.0. The Morgan fingerprint density at radius 1 is 1.40 bits per heavy atom. The molecule has 102 valence electrons. The van der Waals surface area contributed by atoms with Crippen molar-refractivity contribution in [3.05, 3.63) is 45.2 Å². The lowest BCUT2D eigenvalue weighted by molar-refractivity contribution is 0.709. The average Bonchev–Trinajstić information content (AvgIpc) is 2.78. The second-order valence-corrected chi connectivity index (χ2v) is 5.17. The average molecular weight is 335 g/mol. The fraction of sp³-hybridized carbons (Fsp3) is 0.167. The summed E-state index contributed by atoms with van der Waals surface area (Å²) in [5.74, 6) is 0.833. The molecule has 0 radical (unpaired) electrons. The summed E-state index contributed by atoms with van der Waals surface area (Å²) in [4.78, 5) is 20.6. The van der Waals surface area contributed by atoms with Gasteiger partial charge in [-0.1, -0.05) is 0 Å². The SMILES string of the molecule is Cn1ncc2c(N)nc(Cn3cccc(Br)c3=O)nc21. The number of hydrogen-bond acceptors (Lipinski definition) is 5. The topological polar surface area (TPSA) is 91.6 Å². The maximum Gasteiger partial charge on any atom is 0.265 e. The van der Waals surface area contributed by atoms with Crippen molar-refractivity contribution in [3.63, 3.8) is 0 Å². The van der Waals surface area contributed by atoms with Gasteiger partial charge in [0.1, 0.15) is 5.82 Å². The highest BCUT2D eigenvalue weighted by Crippen LogP contribution is 2.16. The number of anilines is 1. The standard InChI is InChI=1S/C12H11BrN6O/c1-18-11-7(5-15-18)10(14)16-9(17-11)6-19-4-2-3-8(13)12(19)20/h2-5H,6H2,1H3,(H2,14,16,17). The van der Waals surface area contributed by atoms with Gasteiger partial charge in [0.25, 0.3) is 5.56 Å². The van der Waals surface area contributed by atoms with E-state index in [1.165, 1.54) is 4.57 Å². The number of fused-ring (bicyclic) bond motifs is 1. The van der Waals surface area contributed by atoms with Gasteiger partial charge in [-0.05, 0) is 28.1 Å². The van der Waals surface area contributed by atoms with Gasteiger partial charge in [-0.15, -0.1) is 0 Å². The summed E-state index contributed by atoms with van der Waals surface area (Å²) < 4.78 is 3.64. The Labute approximate surface area is 122 Å². The molecule has 0 amide bonds. The van der Waals surface area contributed by atoms with Crippen molar-refractivity contribution >= 4 is 32.8 Å². The molecule has 0 fully saturated rings. The molecule has 0 aliphatic heterocycles. The summed E-state index contributed by atoms with van der Waals surface area (Å²) in [6, 6.07) is 3.47. The number of rotatable bonds is 2. The minimum Gasteiger partial charge on any atom is -0.383 e. The molecule has 0 atom stereocenters. The summed E-state index contributed by atoms with van der Waals surface area (Å²) in [7, 11) is 1.78. The van der Waals surface area contributed by atoms with Crippen LogP contribution < -0.4 is 11.3 Å². The Bertz CT molecular complexity index is 853. The van der Waals surface area contributed by atoms with Crippen molar-refractivity contribution in [3.8, 4) is 0 Å². The van der Waals surface area contributed by atoms with Crippen molar-refractivity contribution < 1.29 is 0 Å². The lowest BCUT2D eigenvalue weighted by Gasteiger charge is -2.06. The predicted octanol–water partition coefficient (Wildman–Crippen LogP) is 0.918. The molecule has 0 spiro atoms. The Morgan fingerprint density at radius 3 is 3.00 bits per heavy atom. The van der Waals surface area contributed by atoms with Crippen LogP contribution in [0.3, 0.4) is 0 Å². The van der Waals surface area contributed by atoms with Crippen LogP contribution in [-0.2, 0) is 13.6 Å². The summed E-state index contributed by atoms with van der Waals surface area (Å²) in [6.45, 7) is 0.254. The minimum atomic E-state index is -0.139. The maximum atomic E-state index is 12.0. The lowest BCUT2D eigenvalue weighted by Crippen LogP contribution is -2.21. The van der Waals surface area contributed by atoms with Gasteiger partial charge in [0.15, 0.2) is 11.5 Å². The summed E-state index contributed by atoms with van der Waals surface area (Å²) in [6.07, 6.45) is 3.31. The third-order valence-corrected chi connectivity index (χ3v) is 3.56. The molecule has 7 nitrogen and oxygen atoms in total. The van der Waals surface area contributed by atoms with E-state index in [1.54, 1.807) is 36.3 Å². The molecule has 0 aromatic carbocycles. The van der Waals surface area contributed by atoms with Crippen LogP contribution in [0.2, 0.25) is 0 Å². The van der Waals surface area contributed by atoms with Crippen molar-refractivity contribution in [2.24, 2.45) is 7.05 Å². The Balaban J connectivity index is 2.09. The monoisotopic (exact) mass is 334 g/mol. The zero-order chi connectivity index (χ0) is 14.3. The molecule has 0 saturated carbocycles. The second-order valence-electron chi connectivity index (χ2n) is 4.32. The highest BCUT2D eigenvalue weighted by molar-refractivity contribution is 9.10. The number of aromatic nitrogens is 5. The van der Waals surface area contributed by atoms with E-state index in [2.05, 4.69) is 31.0 Å². The van der Waals surface area contributed by atoms with E-state index in [1.807, 2.05) is 0 Å². The first-order valence-corrected chi connectivity index (χ1v) is 6.64. The van der Waals surface area contributed by atoms with Crippen molar-refractivity contribution in [1.29, 1.82) is 0 Å². The van der Waals surface area contributed by atoms with Gasteiger partial charge in [0.2, 0.25) is 0 Å². The molecule has 3 aromatic rings. The van der Waals surface area contributed by atoms with Crippen molar-refractivity contribution in [2.45, 2.75) is 6.54 Å². The smallest absolute Gasteiger partial charge is 0.265 e. The number of nitrogens with two attached hydrogens (primary N) is 1. The number of nitrogens with zero attached hydrogens (tertiary/aromatic N) is 5. The van der Waals surface area contributed by atoms with E-state index in [0.717, 1.165) is 0 Å². The van der Waals surface area contributed by atoms with E-state index < -0.39 is 0 Å². The van der Waals surface area contributed by atoms with Gasteiger partial charge in [0, 0.05) is 13.2 Å². The molecule has 0 unspecified atom stereocenters. The van der Waals surface area contributed by atoms with E-state index >= 15 is 0 Å².